The number of hydrogen-bond donors (Lipinski definition) is 2. The number of phenols is 1. The van der Waals surface area contributed by atoms with E-state index in [4.69, 9.17) is 21.1 Å². The summed E-state index contributed by atoms with van der Waals surface area (Å²) < 4.78 is 7.73. The van der Waals surface area contributed by atoms with Crippen molar-refractivity contribution in [2.24, 2.45) is 12.0 Å². The second kappa shape index (κ2) is 10.7. The molecule has 1 aliphatic heterocycles. The third kappa shape index (κ3) is 5.15. The molecular formula is C31H24ClN5O3S. The van der Waals surface area contributed by atoms with Gasteiger partial charge in [0.2, 0.25) is 5.91 Å². The van der Waals surface area contributed by atoms with Crippen LogP contribution in [0.15, 0.2) is 70.6 Å². The Bertz CT molecular complexity index is 1870. The largest absolute Gasteiger partial charge is 0.508 e. The third-order valence-electron chi connectivity index (χ3n) is 6.86. The maximum atomic E-state index is 13.2. The topological polar surface area (TPSA) is 106 Å². The Morgan fingerprint density at radius 1 is 1.12 bits per heavy atom. The SMILES string of the molecule is Cc1noc2c1-c1sc(C#Cc3cncn3C)c(C)c1C(c1ccc(Cl)cc1)=N[C@H]2CC(=O)Nc1ccc(O)cc1. The maximum Gasteiger partial charge on any atom is 0.227 e. The summed E-state index contributed by atoms with van der Waals surface area (Å²) in [6.45, 7) is 3.93. The number of fused-ring (bicyclic) bond motifs is 3. The van der Waals surface area contributed by atoms with Gasteiger partial charge in [-0.25, -0.2) is 4.98 Å². The van der Waals surface area contributed by atoms with Gasteiger partial charge in [0.1, 0.15) is 17.5 Å². The molecule has 0 bridgehead atoms. The summed E-state index contributed by atoms with van der Waals surface area (Å²) in [6.07, 6.45) is 3.48. The Labute approximate surface area is 245 Å². The zero-order valence-corrected chi connectivity index (χ0v) is 24.0. The summed E-state index contributed by atoms with van der Waals surface area (Å²) in [5.41, 5.74) is 6.43. The van der Waals surface area contributed by atoms with Crippen LogP contribution in [0.25, 0.3) is 10.4 Å². The van der Waals surface area contributed by atoms with Crippen molar-refractivity contribution in [2.75, 3.05) is 5.32 Å². The van der Waals surface area contributed by atoms with Crippen LogP contribution in [0.3, 0.4) is 0 Å². The molecule has 8 nitrogen and oxygen atoms in total. The Hall–Kier alpha value is -4.65. The molecule has 3 aromatic heterocycles. The van der Waals surface area contributed by atoms with Crippen molar-refractivity contribution >= 4 is 40.2 Å². The van der Waals surface area contributed by atoms with Gasteiger partial charge in [-0.3, -0.25) is 9.79 Å². The highest BCUT2D eigenvalue weighted by Gasteiger charge is 2.34. The zero-order valence-electron chi connectivity index (χ0n) is 22.4. The van der Waals surface area contributed by atoms with Crippen LogP contribution in [0.1, 0.15) is 51.2 Å². The molecule has 1 amide bonds. The number of aromatic nitrogens is 3. The molecule has 0 radical (unpaired) electrons. The van der Waals surface area contributed by atoms with Crippen molar-refractivity contribution in [3.63, 3.8) is 0 Å². The average molecular weight is 582 g/mol. The van der Waals surface area contributed by atoms with Crippen molar-refractivity contribution in [1.29, 1.82) is 0 Å². The molecular weight excluding hydrogens is 558 g/mol. The minimum Gasteiger partial charge on any atom is -0.508 e. The third-order valence-corrected chi connectivity index (χ3v) is 8.33. The number of anilines is 1. The van der Waals surface area contributed by atoms with Gasteiger partial charge in [0.15, 0.2) is 5.76 Å². The van der Waals surface area contributed by atoms with E-state index in [0.29, 0.717) is 22.2 Å². The molecule has 6 rings (SSSR count). The van der Waals surface area contributed by atoms with Crippen molar-refractivity contribution in [1.82, 2.24) is 14.7 Å². The molecule has 0 spiro atoms. The molecule has 204 valence electrons. The molecule has 10 heteroatoms. The lowest BCUT2D eigenvalue weighted by atomic mass is 9.96. The first-order valence-electron chi connectivity index (χ1n) is 12.8. The van der Waals surface area contributed by atoms with Gasteiger partial charge < -0.3 is 19.5 Å². The second-order valence-electron chi connectivity index (χ2n) is 9.71. The fourth-order valence-corrected chi connectivity index (χ4v) is 6.15. The van der Waals surface area contributed by atoms with Gasteiger partial charge in [0.05, 0.1) is 45.7 Å². The summed E-state index contributed by atoms with van der Waals surface area (Å²) in [6, 6.07) is 13.2. The standard InChI is InChI=1S/C31H24ClN5O3S/c1-17-25(13-10-22-15-33-16-37(22)3)41-31-27(17)29(19-4-6-20(32)7-5-19)35-24(30-28(31)18(2)36-40-30)14-26(39)34-21-8-11-23(38)12-9-21/h4-9,11-12,15-16,24,38H,14H2,1-3H3,(H,34,39)/t24-/m0/s1. The summed E-state index contributed by atoms with van der Waals surface area (Å²) in [4.78, 5) is 24.3. The lowest BCUT2D eigenvalue weighted by Crippen LogP contribution is -2.16. The number of carbonyl (C=O) groups is 1. The Morgan fingerprint density at radius 3 is 2.59 bits per heavy atom. The number of nitrogens with one attached hydrogen (secondary N) is 1. The van der Waals surface area contributed by atoms with Crippen LogP contribution in [0.5, 0.6) is 5.75 Å². The van der Waals surface area contributed by atoms with Crippen LogP contribution < -0.4 is 5.32 Å². The van der Waals surface area contributed by atoms with Gasteiger partial charge in [0.25, 0.3) is 0 Å². The van der Waals surface area contributed by atoms with Gasteiger partial charge >= 0.3 is 0 Å². The van der Waals surface area contributed by atoms with E-state index in [1.807, 2.05) is 49.7 Å². The van der Waals surface area contributed by atoms with Crippen LogP contribution in [-0.2, 0) is 11.8 Å². The summed E-state index contributed by atoms with van der Waals surface area (Å²) in [5.74, 6) is 6.96. The number of benzene rings is 2. The quantitative estimate of drug-likeness (QED) is 0.188. The minimum absolute atomic E-state index is 0.0285. The van der Waals surface area contributed by atoms with E-state index in [-0.39, 0.29) is 18.1 Å². The number of aliphatic imine (C=N–C) groups is 1. The van der Waals surface area contributed by atoms with E-state index in [1.54, 1.807) is 36.0 Å². The number of aromatic hydroxyl groups is 1. The smallest absolute Gasteiger partial charge is 0.227 e. The van der Waals surface area contributed by atoms with Gasteiger partial charge in [-0.15, -0.1) is 11.3 Å². The van der Waals surface area contributed by atoms with Gasteiger partial charge in [-0.2, -0.15) is 0 Å². The fraction of sp³-hybridized carbons (Fsp3) is 0.161. The minimum atomic E-state index is -0.628. The molecule has 1 atom stereocenters. The number of rotatable bonds is 4. The average Bonchev–Trinajstić information content (AvgIpc) is 3.61. The lowest BCUT2D eigenvalue weighted by Gasteiger charge is -2.13. The highest BCUT2D eigenvalue weighted by Crippen LogP contribution is 2.46. The molecule has 0 saturated heterocycles. The summed E-state index contributed by atoms with van der Waals surface area (Å²) in [7, 11) is 1.91. The number of halogens is 1. The normalized spacial score (nSPS) is 13.9. The monoisotopic (exact) mass is 581 g/mol. The van der Waals surface area contributed by atoms with E-state index >= 15 is 0 Å². The first-order chi connectivity index (χ1) is 19.8. The molecule has 0 unspecified atom stereocenters. The predicted octanol–water partition coefficient (Wildman–Crippen LogP) is 6.43. The van der Waals surface area contributed by atoms with Gasteiger partial charge in [0, 0.05) is 28.9 Å². The molecule has 2 N–H and O–H groups in total. The van der Waals surface area contributed by atoms with Crippen LogP contribution >= 0.6 is 22.9 Å². The van der Waals surface area contributed by atoms with Crippen molar-refractivity contribution in [2.45, 2.75) is 26.3 Å². The number of aryl methyl sites for hydroxylation is 2. The van der Waals surface area contributed by atoms with E-state index in [0.717, 1.165) is 43.4 Å². The highest BCUT2D eigenvalue weighted by atomic mass is 35.5. The van der Waals surface area contributed by atoms with Crippen molar-refractivity contribution in [3.8, 4) is 28.0 Å². The van der Waals surface area contributed by atoms with Crippen molar-refractivity contribution in [3.05, 3.63) is 105 Å². The second-order valence-corrected chi connectivity index (χ2v) is 11.2. The molecule has 0 aliphatic carbocycles. The molecule has 0 saturated carbocycles. The molecule has 5 aromatic rings. The first kappa shape index (κ1) is 26.6. The van der Waals surface area contributed by atoms with Gasteiger partial charge in [-0.05, 0) is 67.6 Å². The molecule has 41 heavy (non-hydrogen) atoms. The Kier molecular flexibility index (Phi) is 6.95. The zero-order chi connectivity index (χ0) is 28.7. The van der Waals surface area contributed by atoms with Gasteiger partial charge in [-0.1, -0.05) is 28.9 Å². The molecule has 4 heterocycles. The summed E-state index contributed by atoms with van der Waals surface area (Å²) in [5, 5.41) is 17.4. The van der Waals surface area contributed by atoms with Crippen LogP contribution in [0.4, 0.5) is 5.69 Å². The van der Waals surface area contributed by atoms with Crippen LogP contribution in [-0.4, -0.2) is 31.4 Å². The molecule has 1 aliphatic rings. The van der Waals surface area contributed by atoms with E-state index < -0.39 is 6.04 Å². The predicted molar refractivity (Wildman–Crippen MR) is 160 cm³/mol. The van der Waals surface area contributed by atoms with E-state index in [1.165, 1.54) is 12.1 Å². The van der Waals surface area contributed by atoms with E-state index in [9.17, 15) is 9.90 Å². The van der Waals surface area contributed by atoms with Crippen LogP contribution in [0.2, 0.25) is 5.02 Å². The van der Waals surface area contributed by atoms with E-state index in [2.05, 4.69) is 27.3 Å². The maximum absolute atomic E-state index is 13.2. The Morgan fingerprint density at radius 2 is 1.88 bits per heavy atom. The number of phenolic OH excluding ortho intramolecular Hbond substituents is 1. The molecule has 2 aromatic carbocycles. The number of imidazole rings is 1. The number of thiophene rings is 1. The molecule has 0 fully saturated rings. The Balaban J connectivity index is 1.48. The first-order valence-corrected chi connectivity index (χ1v) is 14.0. The van der Waals surface area contributed by atoms with Crippen molar-refractivity contribution < 1.29 is 14.4 Å². The van der Waals surface area contributed by atoms with Crippen LogP contribution in [0, 0.1) is 25.7 Å². The summed E-state index contributed by atoms with van der Waals surface area (Å²) >= 11 is 7.78. The number of nitrogens with zero attached hydrogens (tertiary/aromatic N) is 4. The number of amides is 1. The highest BCUT2D eigenvalue weighted by molar-refractivity contribution is 7.16. The number of carbonyl (C=O) groups excluding carboxylic acids is 1. The number of hydrogen-bond acceptors (Lipinski definition) is 7. The lowest BCUT2D eigenvalue weighted by molar-refractivity contribution is -0.116. The fourth-order valence-electron chi connectivity index (χ4n) is 4.76.